The Labute approximate surface area is 150 Å². The van der Waals surface area contributed by atoms with E-state index in [2.05, 4.69) is 4.98 Å². The van der Waals surface area contributed by atoms with Gasteiger partial charge in [0.2, 0.25) is 5.91 Å². The second kappa shape index (κ2) is 6.63. The Bertz CT molecular complexity index is 1020. The number of aromatic hydroxyl groups is 1. The number of hydrogen-bond donors (Lipinski definition) is 1. The Hall–Kier alpha value is -3.15. The van der Waals surface area contributed by atoms with Crippen LogP contribution in [-0.2, 0) is 24.2 Å². The normalized spacial score (nSPS) is 14.1. The van der Waals surface area contributed by atoms with Crippen molar-refractivity contribution in [1.29, 1.82) is 0 Å². The molecule has 1 N–H and O–H groups in total. The van der Waals surface area contributed by atoms with E-state index in [1.807, 2.05) is 18.2 Å². The van der Waals surface area contributed by atoms with Gasteiger partial charge in [0.1, 0.15) is 11.6 Å². The number of para-hydroxylation sites is 1. The molecule has 0 saturated carbocycles. The lowest BCUT2D eigenvalue weighted by Crippen LogP contribution is -2.35. The van der Waals surface area contributed by atoms with Crippen LogP contribution in [0.1, 0.15) is 11.4 Å². The fraction of sp³-hybridized carbons (Fsp3) is 0.250. The van der Waals surface area contributed by atoms with Crippen molar-refractivity contribution in [1.82, 2.24) is 14.5 Å². The topological polar surface area (TPSA) is 75.4 Å². The molecule has 3 aromatic rings. The van der Waals surface area contributed by atoms with E-state index in [9.17, 15) is 14.7 Å². The molecule has 0 saturated heterocycles. The molecule has 6 heteroatoms. The second-order valence-corrected chi connectivity index (χ2v) is 6.48. The van der Waals surface area contributed by atoms with Gasteiger partial charge in [0.05, 0.1) is 17.3 Å². The third-order valence-corrected chi connectivity index (χ3v) is 4.78. The number of rotatable bonds is 2. The summed E-state index contributed by atoms with van der Waals surface area (Å²) in [6.45, 7) is 1.48. The zero-order valence-corrected chi connectivity index (χ0v) is 14.3. The molecule has 4 rings (SSSR count). The number of hydrogen-bond acceptors (Lipinski definition) is 4. The molecular formula is C20H19N3O3. The monoisotopic (exact) mass is 349 g/mol. The van der Waals surface area contributed by atoms with Gasteiger partial charge in [-0.15, -0.1) is 0 Å². The average Bonchev–Trinajstić information content (AvgIpc) is 2.87. The molecule has 2 heterocycles. The maximum atomic E-state index is 12.7. The fourth-order valence-corrected chi connectivity index (χ4v) is 3.35. The third-order valence-electron chi connectivity index (χ3n) is 4.78. The first-order chi connectivity index (χ1) is 12.6. The van der Waals surface area contributed by atoms with Crippen molar-refractivity contribution >= 4 is 16.8 Å². The van der Waals surface area contributed by atoms with Gasteiger partial charge in [0.25, 0.3) is 5.56 Å². The molecule has 0 aliphatic carbocycles. The van der Waals surface area contributed by atoms with E-state index < -0.39 is 0 Å². The van der Waals surface area contributed by atoms with Gasteiger partial charge >= 0.3 is 0 Å². The lowest BCUT2D eigenvalue weighted by atomic mass is 10.1. The molecule has 1 aliphatic heterocycles. The molecule has 0 unspecified atom stereocenters. The molecule has 0 bridgehead atoms. The van der Waals surface area contributed by atoms with Gasteiger partial charge in [-0.25, -0.2) is 4.98 Å². The van der Waals surface area contributed by atoms with Gasteiger partial charge in [-0.05, 0) is 29.8 Å². The van der Waals surface area contributed by atoms with Gasteiger partial charge in [0, 0.05) is 26.1 Å². The number of aromatic nitrogens is 2. The summed E-state index contributed by atoms with van der Waals surface area (Å²) >= 11 is 0. The van der Waals surface area contributed by atoms with E-state index in [1.165, 1.54) is 0 Å². The maximum absolute atomic E-state index is 12.7. The van der Waals surface area contributed by atoms with Gasteiger partial charge in [-0.3, -0.25) is 14.2 Å². The van der Waals surface area contributed by atoms with Crippen molar-refractivity contribution < 1.29 is 9.90 Å². The first-order valence-electron chi connectivity index (χ1n) is 8.66. The van der Waals surface area contributed by atoms with Gasteiger partial charge in [-0.1, -0.05) is 24.3 Å². The van der Waals surface area contributed by atoms with Crippen LogP contribution >= 0.6 is 0 Å². The smallest absolute Gasteiger partial charge is 0.261 e. The summed E-state index contributed by atoms with van der Waals surface area (Å²) in [6, 6.07) is 14.0. The third kappa shape index (κ3) is 3.06. The molecule has 0 spiro atoms. The van der Waals surface area contributed by atoms with Gasteiger partial charge in [-0.2, -0.15) is 0 Å². The molecule has 1 aliphatic rings. The van der Waals surface area contributed by atoms with Crippen LogP contribution in [0.3, 0.4) is 0 Å². The van der Waals surface area contributed by atoms with E-state index >= 15 is 0 Å². The molecule has 0 atom stereocenters. The van der Waals surface area contributed by atoms with Crippen LogP contribution in [-0.4, -0.2) is 38.6 Å². The lowest BCUT2D eigenvalue weighted by molar-refractivity contribution is -0.130. The number of carbonyl (C=O) groups is 1. The van der Waals surface area contributed by atoms with Crippen LogP contribution in [0.25, 0.3) is 10.9 Å². The number of benzene rings is 2. The highest BCUT2D eigenvalue weighted by atomic mass is 16.3. The predicted molar refractivity (Wildman–Crippen MR) is 98.1 cm³/mol. The fourth-order valence-electron chi connectivity index (χ4n) is 3.35. The standard InChI is InChI=1S/C20H19N3O3/c24-15-7-5-14(6-8-15)13-19(25)22-10-9-18-21-17-4-2-1-3-16(17)20(26)23(18)12-11-22/h1-8,24H,9-13H2. The summed E-state index contributed by atoms with van der Waals surface area (Å²) in [5.74, 6) is 0.929. The van der Waals surface area contributed by atoms with Crippen molar-refractivity contribution in [2.75, 3.05) is 13.1 Å². The largest absolute Gasteiger partial charge is 0.508 e. The number of amides is 1. The quantitative estimate of drug-likeness (QED) is 0.764. The van der Waals surface area contributed by atoms with Crippen molar-refractivity contribution in [2.24, 2.45) is 0 Å². The summed E-state index contributed by atoms with van der Waals surface area (Å²) in [5, 5.41) is 9.96. The Balaban J connectivity index is 1.55. The lowest BCUT2D eigenvalue weighted by Gasteiger charge is -2.19. The van der Waals surface area contributed by atoms with Crippen LogP contribution < -0.4 is 5.56 Å². The molecular weight excluding hydrogens is 330 g/mol. The maximum Gasteiger partial charge on any atom is 0.261 e. The zero-order valence-electron chi connectivity index (χ0n) is 14.3. The molecule has 1 amide bonds. The van der Waals surface area contributed by atoms with E-state index in [-0.39, 0.29) is 23.6 Å². The molecule has 6 nitrogen and oxygen atoms in total. The number of phenols is 1. The Morgan fingerprint density at radius 3 is 2.62 bits per heavy atom. The van der Waals surface area contributed by atoms with Crippen LogP contribution in [0.15, 0.2) is 53.3 Å². The molecule has 1 aromatic heterocycles. The highest BCUT2D eigenvalue weighted by Gasteiger charge is 2.21. The van der Waals surface area contributed by atoms with Gasteiger partial charge < -0.3 is 10.0 Å². The number of nitrogens with zero attached hydrogens (tertiary/aromatic N) is 3. The van der Waals surface area contributed by atoms with Crippen LogP contribution in [0.4, 0.5) is 0 Å². The second-order valence-electron chi connectivity index (χ2n) is 6.48. The SMILES string of the molecule is O=C(Cc1ccc(O)cc1)N1CCc2nc3ccccc3c(=O)n2CC1. The molecule has 132 valence electrons. The number of carbonyl (C=O) groups excluding carboxylic acids is 1. The van der Waals surface area contributed by atoms with Crippen molar-refractivity contribution in [2.45, 2.75) is 19.4 Å². The van der Waals surface area contributed by atoms with E-state index in [4.69, 9.17) is 0 Å². The van der Waals surface area contributed by atoms with Crippen LogP contribution in [0.5, 0.6) is 5.75 Å². The Morgan fingerprint density at radius 2 is 1.81 bits per heavy atom. The molecule has 0 radical (unpaired) electrons. The summed E-state index contributed by atoms with van der Waals surface area (Å²) in [6.07, 6.45) is 0.836. The minimum absolute atomic E-state index is 0.0149. The minimum Gasteiger partial charge on any atom is -0.508 e. The highest BCUT2D eigenvalue weighted by molar-refractivity contribution is 5.79. The summed E-state index contributed by atoms with van der Waals surface area (Å²) < 4.78 is 1.69. The van der Waals surface area contributed by atoms with Gasteiger partial charge in [0.15, 0.2) is 0 Å². The Morgan fingerprint density at radius 1 is 1.04 bits per heavy atom. The van der Waals surface area contributed by atoms with E-state index in [0.29, 0.717) is 37.0 Å². The number of fused-ring (bicyclic) bond motifs is 2. The first kappa shape index (κ1) is 16.3. The van der Waals surface area contributed by atoms with Crippen molar-refractivity contribution in [3.63, 3.8) is 0 Å². The van der Waals surface area contributed by atoms with E-state index in [0.717, 1.165) is 11.4 Å². The summed E-state index contributed by atoms with van der Waals surface area (Å²) in [5.41, 5.74) is 1.52. The Kier molecular flexibility index (Phi) is 4.16. The zero-order chi connectivity index (χ0) is 18.1. The average molecular weight is 349 g/mol. The molecule has 0 fully saturated rings. The number of phenolic OH excluding ortho intramolecular Hbond substituents is 1. The van der Waals surface area contributed by atoms with E-state index in [1.54, 1.807) is 39.8 Å². The van der Waals surface area contributed by atoms with Crippen molar-refractivity contribution in [3.05, 3.63) is 70.3 Å². The molecule has 26 heavy (non-hydrogen) atoms. The first-order valence-corrected chi connectivity index (χ1v) is 8.66. The summed E-state index contributed by atoms with van der Waals surface area (Å²) in [4.78, 5) is 31.8. The predicted octanol–water partition coefficient (Wildman–Crippen LogP) is 1.73. The molecule has 2 aromatic carbocycles. The van der Waals surface area contributed by atoms with Crippen LogP contribution in [0, 0.1) is 0 Å². The van der Waals surface area contributed by atoms with Crippen LogP contribution in [0.2, 0.25) is 0 Å². The van der Waals surface area contributed by atoms with Crippen molar-refractivity contribution in [3.8, 4) is 5.75 Å². The minimum atomic E-state index is -0.0431. The summed E-state index contributed by atoms with van der Waals surface area (Å²) in [7, 11) is 0. The highest BCUT2D eigenvalue weighted by Crippen LogP contribution is 2.14.